The van der Waals surface area contributed by atoms with Crippen molar-refractivity contribution >= 4 is 27.3 Å². The molecule has 8 nitrogen and oxygen atoms in total. The van der Waals surface area contributed by atoms with Crippen molar-refractivity contribution in [3.8, 4) is 11.5 Å². The highest BCUT2D eigenvalue weighted by Gasteiger charge is 2.47. The smallest absolute Gasteiger partial charge is 0.245 e. The maximum absolute atomic E-state index is 13.4. The van der Waals surface area contributed by atoms with E-state index in [1.807, 2.05) is 0 Å². The molecule has 2 aromatic carbocycles. The third-order valence-electron chi connectivity index (χ3n) is 6.17. The number of amides is 1. The minimum atomic E-state index is -3.66. The molecule has 2 saturated heterocycles. The highest BCUT2D eigenvalue weighted by molar-refractivity contribution is 7.92. The summed E-state index contributed by atoms with van der Waals surface area (Å²) >= 11 is 5.92. The van der Waals surface area contributed by atoms with Gasteiger partial charge in [-0.2, -0.15) is 0 Å². The van der Waals surface area contributed by atoms with Crippen LogP contribution in [0.4, 0.5) is 0 Å². The summed E-state index contributed by atoms with van der Waals surface area (Å²) in [5, 5.41) is 3.74. The maximum atomic E-state index is 13.4. The molecule has 2 fully saturated rings. The Kier molecular flexibility index (Phi) is 8.10. The van der Waals surface area contributed by atoms with E-state index in [-0.39, 0.29) is 18.6 Å². The van der Waals surface area contributed by atoms with Crippen LogP contribution in [0.25, 0.3) is 0 Å². The fourth-order valence-electron chi connectivity index (χ4n) is 4.29. The number of benzene rings is 2. The second-order valence-corrected chi connectivity index (χ2v) is 11.4. The summed E-state index contributed by atoms with van der Waals surface area (Å²) in [6.07, 6.45) is 2.10. The van der Waals surface area contributed by atoms with Crippen LogP contribution in [0, 0.1) is 0 Å². The van der Waals surface area contributed by atoms with Crippen molar-refractivity contribution in [3.05, 3.63) is 59.1 Å². The average molecular weight is 509 g/mol. The van der Waals surface area contributed by atoms with Gasteiger partial charge in [-0.15, -0.1) is 0 Å². The lowest BCUT2D eigenvalue weighted by Gasteiger charge is -2.32. The normalized spacial score (nSPS) is 24.7. The van der Waals surface area contributed by atoms with E-state index >= 15 is 0 Å². The minimum Gasteiger partial charge on any atom is -0.457 e. The molecule has 10 heteroatoms. The van der Waals surface area contributed by atoms with E-state index in [1.54, 1.807) is 48.5 Å². The number of hydrogen-bond acceptors (Lipinski definition) is 7. The van der Waals surface area contributed by atoms with Gasteiger partial charge in [-0.1, -0.05) is 23.7 Å². The first-order valence-corrected chi connectivity index (χ1v) is 13.4. The number of hydrogen-bond donors (Lipinski definition) is 2. The van der Waals surface area contributed by atoms with E-state index in [0.29, 0.717) is 48.2 Å². The van der Waals surface area contributed by atoms with Crippen molar-refractivity contribution in [2.75, 3.05) is 25.4 Å². The van der Waals surface area contributed by atoms with Gasteiger partial charge in [0.15, 0.2) is 16.1 Å². The van der Waals surface area contributed by atoms with E-state index in [2.05, 4.69) is 10.8 Å². The topological polar surface area (TPSA) is 103 Å². The summed E-state index contributed by atoms with van der Waals surface area (Å²) in [6, 6.07) is 13.8. The lowest BCUT2D eigenvalue weighted by molar-refractivity contribution is -0.200. The monoisotopic (exact) mass is 508 g/mol. The Morgan fingerprint density at radius 2 is 1.79 bits per heavy atom. The van der Waals surface area contributed by atoms with Gasteiger partial charge >= 0.3 is 0 Å². The second-order valence-electron chi connectivity index (χ2n) is 8.51. The standard InChI is InChI=1S/C24H29ClN2O6S/c25-19-6-10-21(11-7-19)32-20-8-4-18(5-9-20)24(12-13-26-14-16-34(24,29)30)17-22(28)27-33-23-3-1-2-15-31-23/h4-11,23,26H,1-3,12-17H2,(H,27,28)/t23?,24-/m0/s1. The maximum Gasteiger partial charge on any atom is 0.245 e. The predicted molar refractivity (Wildman–Crippen MR) is 128 cm³/mol. The number of rotatable bonds is 7. The largest absolute Gasteiger partial charge is 0.457 e. The molecule has 2 heterocycles. The summed E-state index contributed by atoms with van der Waals surface area (Å²) in [7, 11) is -3.66. The molecule has 0 aromatic heterocycles. The zero-order valence-electron chi connectivity index (χ0n) is 18.8. The molecule has 2 N–H and O–H groups in total. The quantitative estimate of drug-likeness (QED) is 0.549. The number of nitrogens with one attached hydrogen (secondary N) is 2. The average Bonchev–Trinajstić information content (AvgIpc) is 2.98. The van der Waals surface area contributed by atoms with Crippen molar-refractivity contribution in [1.29, 1.82) is 0 Å². The summed E-state index contributed by atoms with van der Waals surface area (Å²) in [4.78, 5) is 18.3. The van der Waals surface area contributed by atoms with Crippen LogP contribution in [0.5, 0.6) is 11.5 Å². The molecule has 2 aromatic rings. The molecule has 0 spiro atoms. The van der Waals surface area contributed by atoms with E-state index in [1.165, 1.54) is 0 Å². The lowest BCUT2D eigenvalue weighted by Crippen LogP contribution is -2.43. The summed E-state index contributed by atoms with van der Waals surface area (Å²) in [6.45, 7) is 1.40. The molecular formula is C24H29ClN2O6S. The first kappa shape index (κ1) is 24.9. The molecule has 0 bridgehead atoms. The van der Waals surface area contributed by atoms with Crippen molar-refractivity contribution in [3.63, 3.8) is 0 Å². The lowest BCUT2D eigenvalue weighted by atomic mass is 9.90. The van der Waals surface area contributed by atoms with Crippen LogP contribution in [0.1, 0.15) is 37.7 Å². The fourth-order valence-corrected chi connectivity index (χ4v) is 6.48. The van der Waals surface area contributed by atoms with Gasteiger partial charge in [0.25, 0.3) is 0 Å². The highest BCUT2D eigenvalue weighted by atomic mass is 35.5. The molecular weight excluding hydrogens is 480 g/mol. The van der Waals surface area contributed by atoms with Gasteiger partial charge < -0.3 is 14.8 Å². The van der Waals surface area contributed by atoms with Crippen LogP contribution in [-0.2, 0) is 29.0 Å². The molecule has 4 rings (SSSR count). The summed E-state index contributed by atoms with van der Waals surface area (Å²) in [5.41, 5.74) is 2.96. The summed E-state index contributed by atoms with van der Waals surface area (Å²) < 4.78 is 36.8. The third kappa shape index (κ3) is 5.90. The summed E-state index contributed by atoms with van der Waals surface area (Å²) in [5.74, 6) is 0.601. The molecule has 184 valence electrons. The molecule has 0 saturated carbocycles. The first-order chi connectivity index (χ1) is 16.4. The molecule has 0 aliphatic carbocycles. The number of halogens is 1. The number of hydroxylamine groups is 1. The van der Waals surface area contributed by atoms with E-state index < -0.39 is 26.8 Å². The number of carbonyl (C=O) groups is 1. The Balaban J connectivity index is 1.54. The predicted octanol–water partition coefficient (Wildman–Crippen LogP) is 3.70. The van der Waals surface area contributed by atoms with Gasteiger partial charge in [-0.25, -0.2) is 18.7 Å². The van der Waals surface area contributed by atoms with Gasteiger partial charge in [0.1, 0.15) is 16.2 Å². The van der Waals surface area contributed by atoms with Gasteiger partial charge in [0, 0.05) is 24.6 Å². The van der Waals surface area contributed by atoms with Gasteiger partial charge in [-0.05, 0) is 67.8 Å². The number of sulfone groups is 1. The van der Waals surface area contributed by atoms with Crippen LogP contribution in [0.3, 0.4) is 0 Å². The first-order valence-electron chi connectivity index (χ1n) is 11.4. The van der Waals surface area contributed by atoms with E-state index in [0.717, 1.165) is 12.8 Å². The Labute approximate surface area is 204 Å². The highest BCUT2D eigenvalue weighted by Crippen LogP contribution is 2.40. The molecule has 2 atom stereocenters. The Morgan fingerprint density at radius 3 is 2.47 bits per heavy atom. The Bertz CT molecular complexity index is 1070. The SMILES string of the molecule is O=C(C[C@]1(c2ccc(Oc3ccc(Cl)cc3)cc2)CCNCCS1(=O)=O)NOC1CCCCO1. The molecule has 1 amide bonds. The van der Waals surface area contributed by atoms with Gasteiger partial charge in [0.05, 0.1) is 12.2 Å². The third-order valence-corrected chi connectivity index (χ3v) is 8.93. The van der Waals surface area contributed by atoms with Crippen molar-refractivity contribution in [2.24, 2.45) is 0 Å². The molecule has 2 aliphatic heterocycles. The number of carbonyl (C=O) groups excluding carboxylic acids is 1. The molecule has 0 radical (unpaired) electrons. The molecule has 1 unspecified atom stereocenters. The van der Waals surface area contributed by atoms with Gasteiger partial charge in [0.2, 0.25) is 5.91 Å². The molecule has 34 heavy (non-hydrogen) atoms. The molecule has 2 aliphatic rings. The van der Waals surface area contributed by atoms with Gasteiger partial charge in [-0.3, -0.25) is 4.79 Å². The van der Waals surface area contributed by atoms with Crippen LogP contribution >= 0.6 is 11.6 Å². The van der Waals surface area contributed by atoms with Crippen LogP contribution in [0.2, 0.25) is 5.02 Å². The Morgan fingerprint density at radius 1 is 1.09 bits per heavy atom. The number of ether oxygens (including phenoxy) is 2. The van der Waals surface area contributed by atoms with E-state index in [9.17, 15) is 13.2 Å². The van der Waals surface area contributed by atoms with E-state index in [4.69, 9.17) is 25.9 Å². The fraction of sp³-hybridized carbons (Fsp3) is 0.458. The van der Waals surface area contributed by atoms with Crippen molar-refractivity contribution in [2.45, 2.75) is 43.1 Å². The van der Waals surface area contributed by atoms with Crippen molar-refractivity contribution < 1.29 is 27.5 Å². The second kappa shape index (κ2) is 11.0. The van der Waals surface area contributed by atoms with Crippen LogP contribution < -0.4 is 15.5 Å². The van der Waals surface area contributed by atoms with Crippen molar-refractivity contribution in [1.82, 2.24) is 10.8 Å². The zero-order valence-corrected chi connectivity index (χ0v) is 20.4. The zero-order chi connectivity index (χ0) is 24.0. The van der Waals surface area contributed by atoms with Crippen LogP contribution in [-0.4, -0.2) is 46.1 Å². The van der Waals surface area contributed by atoms with Crippen LogP contribution in [0.15, 0.2) is 48.5 Å². The minimum absolute atomic E-state index is 0.0596. The Hall–Kier alpha value is -2.17.